The molecule has 1 aliphatic heterocycles. The van der Waals surface area contributed by atoms with E-state index in [9.17, 15) is 0 Å². The van der Waals surface area contributed by atoms with Gasteiger partial charge in [0.25, 0.3) is 0 Å². The molecular weight excluding hydrogens is 140 g/mol. The van der Waals surface area contributed by atoms with E-state index in [2.05, 4.69) is 13.8 Å². The van der Waals surface area contributed by atoms with E-state index in [0.717, 1.165) is 32.7 Å². The lowest BCUT2D eigenvalue weighted by molar-refractivity contribution is -0.0396. The minimum atomic E-state index is 0.464. The van der Waals surface area contributed by atoms with Crippen molar-refractivity contribution in [1.82, 2.24) is 0 Å². The van der Waals surface area contributed by atoms with Crippen LogP contribution in [0, 0.1) is 5.92 Å². The van der Waals surface area contributed by atoms with Crippen molar-refractivity contribution < 1.29 is 9.47 Å². The molecule has 1 saturated heterocycles. The summed E-state index contributed by atoms with van der Waals surface area (Å²) in [5, 5.41) is 0. The summed E-state index contributed by atoms with van der Waals surface area (Å²) in [6.07, 6.45) is 2.62. The van der Waals surface area contributed by atoms with Gasteiger partial charge in [0.2, 0.25) is 0 Å². The molecule has 11 heavy (non-hydrogen) atoms. The second-order valence-electron chi connectivity index (χ2n) is 3.54. The third kappa shape index (κ3) is 3.73. The molecule has 0 amide bonds. The maximum Gasteiger partial charge on any atom is 0.0619 e. The van der Waals surface area contributed by atoms with Crippen LogP contribution < -0.4 is 0 Å². The molecule has 0 radical (unpaired) electrons. The Labute approximate surface area is 68.9 Å². The quantitative estimate of drug-likeness (QED) is 0.624. The lowest BCUT2D eigenvalue weighted by Crippen LogP contribution is -2.24. The zero-order chi connectivity index (χ0) is 8.10. The summed E-state index contributed by atoms with van der Waals surface area (Å²) in [5.74, 6) is 0.651. The molecule has 0 spiro atoms. The molecular formula is C9H18O2. The first-order chi connectivity index (χ1) is 5.29. The average Bonchev–Trinajstić information content (AvgIpc) is 2.03. The Morgan fingerprint density at radius 2 is 2.00 bits per heavy atom. The zero-order valence-corrected chi connectivity index (χ0v) is 7.51. The van der Waals surface area contributed by atoms with Crippen LogP contribution in [0.1, 0.15) is 26.7 Å². The van der Waals surface area contributed by atoms with Crippen molar-refractivity contribution in [1.29, 1.82) is 0 Å². The summed E-state index contributed by atoms with van der Waals surface area (Å²) < 4.78 is 10.9. The van der Waals surface area contributed by atoms with Crippen molar-refractivity contribution in [2.45, 2.75) is 32.8 Å². The van der Waals surface area contributed by atoms with Crippen molar-refractivity contribution in [2.75, 3.05) is 19.8 Å². The molecule has 2 heteroatoms. The Hall–Kier alpha value is -0.0800. The molecule has 0 aliphatic carbocycles. The van der Waals surface area contributed by atoms with Crippen molar-refractivity contribution in [3.63, 3.8) is 0 Å². The molecule has 0 aromatic carbocycles. The highest BCUT2D eigenvalue weighted by Gasteiger charge is 2.13. The Kier molecular flexibility index (Phi) is 3.87. The zero-order valence-electron chi connectivity index (χ0n) is 7.51. The monoisotopic (exact) mass is 158 g/mol. The normalized spacial score (nSPS) is 21.0. The lowest BCUT2D eigenvalue weighted by Gasteiger charge is -2.23. The van der Waals surface area contributed by atoms with Crippen molar-refractivity contribution >= 4 is 0 Å². The van der Waals surface area contributed by atoms with Gasteiger partial charge in [-0.3, -0.25) is 0 Å². The van der Waals surface area contributed by atoms with E-state index >= 15 is 0 Å². The van der Waals surface area contributed by atoms with Crippen LogP contribution in [0.3, 0.4) is 0 Å². The molecule has 0 atom stereocenters. The maximum absolute atomic E-state index is 5.66. The predicted molar refractivity (Wildman–Crippen MR) is 44.6 cm³/mol. The lowest BCUT2D eigenvalue weighted by atomic mass is 10.1. The molecule has 1 aliphatic rings. The number of rotatable bonds is 3. The van der Waals surface area contributed by atoms with E-state index in [1.807, 2.05) is 0 Å². The topological polar surface area (TPSA) is 18.5 Å². The van der Waals surface area contributed by atoms with Crippen LogP contribution in [0.25, 0.3) is 0 Å². The molecule has 0 unspecified atom stereocenters. The summed E-state index contributed by atoms with van der Waals surface area (Å²) in [6, 6.07) is 0. The third-order valence-corrected chi connectivity index (χ3v) is 1.83. The number of hydrogen-bond donors (Lipinski definition) is 0. The third-order valence-electron chi connectivity index (χ3n) is 1.83. The van der Waals surface area contributed by atoms with E-state index in [1.54, 1.807) is 0 Å². The highest BCUT2D eigenvalue weighted by atomic mass is 16.5. The van der Waals surface area contributed by atoms with Gasteiger partial charge in [0.05, 0.1) is 6.10 Å². The fourth-order valence-corrected chi connectivity index (χ4v) is 1.17. The first-order valence-corrected chi connectivity index (χ1v) is 4.48. The van der Waals surface area contributed by atoms with Gasteiger partial charge in [0.15, 0.2) is 0 Å². The fourth-order valence-electron chi connectivity index (χ4n) is 1.17. The smallest absolute Gasteiger partial charge is 0.0619 e. The summed E-state index contributed by atoms with van der Waals surface area (Å²) in [4.78, 5) is 0. The van der Waals surface area contributed by atoms with E-state index in [4.69, 9.17) is 9.47 Å². The molecule has 1 heterocycles. The van der Waals surface area contributed by atoms with E-state index in [-0.39, 0.29) is 0 Å². The Morgan fingerprint density at radius 3 is 2.55 bits per heavy atom. The van der Waals surface area contributed by atoms with Crippen molar-refractivity contribution in [3.8, 4) is 0 Å². The van der Waals surface area contributed by atoms with Crippen LogP contribution in [-0.2, 0) is 9.47 Å². The van der Waals surface area contributed by atoms with Crippen LogP contribution in [0.4, 0.5) is 0 Å². The molecule has 1 rings (SSSR count). The van der Waals surface area contributed by atoms with Gasteiger partial charge in [-0.25, -0.2) is 0 Å². The number of hydrogen-bond acceptors (Lipinski definition) is 2. The van der Waals surface area contributed by atoms with Gasteiger partial charge < -0.3 is 9.47 Å². The maximum atomic E-state index is 5.66. The van der Waals surface area contributed by atoms with Gasteiger partial charge in [-0.05, 0) is 18.8 Å². The van der Waals surface area contributed by atoms with Gasteiger partial charge in [0.1, 0.15) is 0 Å². The fraction of sp³-hybridized carbons (Fsp3) is 1.00. The summed E-state index contributed by atoms with van der Waals surface area (Å²) in [5.41, 5.74) is 0. The standard InChI is InChI=1S/C9H18O2/c1-8(2)7-11-9-3-5-10-6-4-9/h8-9H,3-7H2,1-2H3. The molecule has 0 aromatic heterocycles. The molecule has 2 nitrogen and oxygen atoms in total. The SMILES string of the molecule is CC(C)COC1CCOCC1. The van der Waals surface area contributed by atoms with E-state index in [1.165, 1.54) is 0 Å². The highest BCUT2D eigenvalue weighted by molar-refractivity contribution is 4.62. The first-order valence-electron chi connectivity index (χ1n) is 4.48. The first kappa shape index (κ1) is 9.01. The van der Waals surface area contributed by atoms with E-state index in [0.29, 0.717) is 12.0 Å². The van der Waals surface area contributed by atoms with Crippen molar-refractivity contribution in [2.24, 2.45) is 5.92 Å². The summed E-state index contributed by atoms with van der Waals surface area (Å²) >= 11 is 0. The summed E-state index contributed by atoms with van der Waals surface area (Å²) in [6.45, 7) is 7.01. The van der Waals surface area contributed by atoms with Crippen LogP contribution in [0.15, 0.2) is 0 Å². The van der Waals surface area contributed by atoms with Gasteiger partial charge in [-0.2, -0.15) is 0 Å². The van der Waals surface area contributed by atoms with Crippen LogP contribution in [-0.4, -0.2) is 25.9 Å². The second-order valence-corrected chi connectivity index (χ2v) is 3.54. The highest BCUT2D eigenvalue weighted by Crippen LogP contribution is 2.11. The van der Waals surface area contributed by atoms with Gasteiger partial charge >= 0.3 is 0 Å². The molecule has 0 saturated carbocycles. The minimum Gasteiger partial charge on any atom is -0.381 e. The van der Waals surface area contributed by atoms with E-state index < -0.39 is 0 Å². The molecule has 0 aromatic rings. The minimum absolute atomic E-state index is 0.464. The average molecular weight is 158 g/mol. The van der Waals surface area contributed by atoms with Crippen LogP contribution in [0.2, 0.25) is 0 Å². The van der Waals surface area contributed by atoms with Gasteiger partial charge in [-0.1, -0.05) is 13.8 Å². The predicted octanol–water partition coefficient (Wildman–Crippen LogP) is 1.84. The van der Waals surface area contributed by atoms with Crippen molar-refractivity contribution in [3.05, 3.63) is 0 Å². The van der Waals surface area contributed by atoms with Gasteiger partial charge in [0, 0.05) is 19.8 Å². The molecule has 0 bridgehead atoms. The molecule has 1 fully saturated rings. The van der Waals surface area contributed by atoms with Gasteiger partial charge in [-0.15, -0.1) is 0 Å². The molecule has 0 N–H and O–H groups in total. The summed E-state index contributed by atoms with van der Waals surface area (Å²) in [7, 11) is 0. The largest absolute Gasteiger partial charge is 0.381 e. The Morgan fingerprint density at radius 1 is 1.36 bits per heavy atom. The van der Waals surface area contributed by atoms with Crippen LogP contribution >= 0.6 is 0 Å². The Balaban J connectivity index is 2.05. The Bertz CT molecular complexity index is 95.7. The molecule has 66 valence electrons. The van der Waals surface area contributed by atoms with Crippen LogP contribution in [0.5, 0.6) is 0 Å². The number of ether oxygens (including phenoxy) is 2. The second kappa shape index (κ2) is 4.73.